The van der Waals surface area contributed by atoms with Gasteiger partial charge in [-0.15, -0.1) is 0 Å². The molecule has 2 heteroatoms. The van der Waals surface area contributed by atoms with Crippen LogP contribution in [-0.4, -0.2) is 9.97 Å². The average Bonchev–Trinajstić information content (AvgIpc) is 2.64. The molecule has 0 aliphatic rings. The van der Waals surface area contributed by atoms with Crippen LogP contribution in [0.3, 0.4) is 0 Å². The minimum Gasteiger partial charge on any atom is -0.342 e. The third-order valence-corrected chi connectivity index (χ3v) is 1.70. The van der Waals surface area contributed by atoms with E-state index in [0.717, 1.165) is 22.9 Å². The normalized spacial score (nSPS) is 12.3. The van der Waals surface area contributed by atoms with Gasteiger partial charge < -0.3 is 4.98 Å². The largest absolute Gasteiger partial charge is 0.342 e. The zero-order chi connectivity index (χ0) is 11.0. The van der Waals surface area contributed by atoms with Gasteiger partial charge in [0.1, 0.15) is 5.82 Å². The van der Waals surface area contributed by atoms with Crippen molar-refractivity contribution >= 4 is 12.2 Å². The summed E-state index contributed by atoms with van der Waals surface area (Å²) >= 11 is 0. The van der Waals surface area contributed by atoms with Crippen molar-refractivity contribution in [2.24, 2.45) is 0 Å². The highest BCUT2D eigenvalue weighted by Gasteiger charge is 1.92. The number of rotatable bonds is 2. The monoisotopic (exact) mass is 192 g/mol. The minimum atomic E-state index is 0.936. The van der Waals surface area contributed by atoms with Crippen LogP contribution < -0.4 is 10.7 Å². The Hall–Kier alpha value is -1.31. The van der Waals surface area contributed by atoms with Crippen LogP contribution in [0.4, 0.5) is 0 Å². The second kappa shape index (κ2) is 7.13. The number of allylic oxidation sites excluding steroid dienone is 1. The van der Waals surface area contributed by atoms with Gasteiger partial charge in [0.15, 0.2) is 0 Å². The van der Waals surface area contributed by atoms with Crippen LogP contribution in [-0.2, 0) is 6.42 Å². The summed E-state index contributed by atoms with van der Waals surface area (Å²) in [6, 6.07) is 0. The Morgan fingerprint density at radius 3 is 2.50 bits per heavy atom. The van der Waals surface area contributed by atoms with Gasteiger partial charge in [-0.05, 0) is 13.0 Å². The number of aromatic amines is 1. The van der Waals surface area contributed by atoms with Crippen LogP contribution in [0.1, 0.15) is 33.5 Å². The third-order valence-electron chi connectivity index (χ3n) is 1.70. The van der Waals surface area contributed by atoms with E-state index in [0.29, 0.717) is 0 Å². The van der Waals surface area contributed by atoms with E-state index in [4.69, 9.17) is 0 Å². The van der Waals surface area contributed by atoms with E-state index in [1.807, 2.05) is 32.9 Å². The molecule has 0 amide bonds. The lowest BCUT2D eigenvalue weighted by molar-refractivity contribution is 0.981. The molecule has 0 saturated heterocycles. The molecule has 0 fully saturated rings. The highest BCUT2D eigenvalue weighted by atomic mass is 14.9. The van der Waals surface area contributed by atoms with E-state index >= 15 is 0 Å². The highest BCUT2D eigenvalue weighted by Crippen LogP contribution is 1.80. The van der Waals surface area contributed by atoms with Crippen molar-refractivity contribution in [3.63, 3.8) is 0 Å². The Morgan fingerprint density at radius 1 is 1.43 bits per heavy atom. The van der Waals surface area contributed by atoms with Gasteiger partial charge in [-0.1, -0.05) is 39.5 Å². The van der Waals surface area contributed by atoms with Crippen LogP contribution in [0, 0.1) is 0 Å². The minimum absolute atomic E-state index is 0.936. The molecule has 14 heavy (non-hydrogen) atoms. The van der Waals surface area contributed by atoms with Crippen molar-refractivity contribution in [3.8, 4) is 0 Å². The van der Waals surface area contributed by atoms with Crippen molar-refractivity contribution in [2.75, 3.05) is 0 Å². The number of imidazole rings is 1. The molecule has 0 aliphatic heterocycles. The summed E-state index contributed by atoms with van der Waals surface area (Å²) in [5, 5.41) is 2.05. The van der Waals surface area contributed by atoms with E-state index in [2.05, 4.69) is 23.5 Å². The Labute approximate surface area is 86.1 Å². The van der Waals surface area contributed by atoms with Gasteiger partial charge in [-0.25, -0.2) is 4.98 Å². The van der Waals surface area contributed by atoms with E-state index in [-0.39, 0.29) is 0 Å². The molecule has 0 aromatic carbocycles. The number of nitrogens with one attached hydrogen (secondary N) is 1. The second-order valence-corrected chi connectivity index (χ2v) is 2.53. The lowest BCUT2D eigenvalue weighted by Crippen LogP contribution is -2.23. The molecule has 0 unspecified atom stereocenters. The summed E-state index contributed by atoms with van der Waals surface area (Å²) in [6.07, 6.45) is 6.62. The van der Waals surface area contributed by atoms with Gasteiger partial charge in [-0.2, -0.15) is 0 Å². The van der Waals surface area contributed by atoms with Crippen LogP contribution in [0.25, 0.3) is 12.2 Å². The smallest absolute Gasteiger partial charge is 0.106 e. The summed E-state index contributed by atoms with van der Waals surface area (Å²) in [5.74, 6) is 1.02. The van der Waals surface area contributed by atoms with Crippen LogP contribution in [0.2, 0.25) is 0 Å². The lowest BCUT2D eigenvalue weighted by atomic mass is 10.4. The molecular formula is C12H20N2. The summed E-state index contributed by atoms with van der Waals surface area (Å²) in [5.41, 5.74) is 0. The van der Waals surface area contributed by atoms with Crippen molar-refractivity contribution in [1.29, 1.82) is 0 Å². The van der Waals surface area contributed by atoms with Crippen molar-refractivity contribution in [2.45, 2.75) is 34.1 Å². The molecule has 1 aromatic rings. The van der Waals surface area contributed by atoms with E-state index < -0.39 is 0 Å². The van der Waals surface area contributed by atoms with Gasteiger partial charge in [0.2, 0.25) is 0 Å². The summed E-state index contributed by atoms with van der Waals surface area (Å²) in [6.45, 7) is 11.7. The first kappa shape index (κ1) is 12.7. The molecule has 1 aromatic heterocycles. The maximum atomic E-state index is 4.38. The Morgan fingerprint density at radius 2 is 2.07 bits per heavy atom. The Balaban J connectivity index is 0.000000791. The number of H-pyrrole nitrogens is 1. The fourth-order valence-electron chi connectivity index (χ4n) is 1.09. The van der Waals surface area contributed by atoms with E-state index in [1.54, 1.807) is 6.08 Å². The summed E-state index contributed by atoms with van der Waals surface area (Å²) in [7, 11) is 0. The third kappa shape index (κ3) is 3.21. The van der Waals surface area contributed by atoms with Gasteiger partial charge in [-0.3, -0.25) is 0 Å². The molecule has 0 saturated carbocycles. The molecule has 0 bridgehead atoms. The van der Waals surface area contributed by atoms with Crippen LogP contribution in [0.15, 0.2) is 12.7 Å². The molecule has 1 rings (SSSR count). The maximum Gasteiger partial charge on any atom is 0.106 e. The fraction of sp³-hybridized carbons (Fsp3) is 0.417. The number of aromatic nitrogens is 2. The van der Waals surface area contributed by atoms with Crippen molar-refractivity contribution in [1.82, 2.24) is 9.97 Å². The van der Waals surface area contributed by atoms with Gasteiger partial charge in [0, 0.05) is 6.42 Å². The molecular weight excluding hydrogens is 172 g/mol. The van der Waals surface area contributed by atoms with Crippen LogP contribution >= 0.6 is 0 Å². The topological polar surface area (TPSA) is 28.7 Å². The Kier molecular flexibility index (Phi) is 6.46. The lowest BCUT2D eigenvalue weighted by Gasteiger charge is -1.80. The quantitative estimate of drug-likeness (QED) is 0.760. The average molecular weight is 192 g/mol. The first-order valence-corrected chi connectivity index (χ1v) is 5.15. The molecule has 78 valence electrons. The zero-order valence-corrected chi connectivity index (χ0v) is 9.59. The van der Waals surface area contributed by atoms with Crippen LogP contribution in [0.5, 0.6) is 0 Å². The predicted molar refractivity (Wildman–Crippen MR) is 63.4 cm³/mol. The molecule has 1 N–H and O–H groups in total. The molecule has 0 radical (unpaired) electrons. The second-order valence-electron chi connectivity index (χ2n) is 2.53. The molecule has 0 atom stereocenters. The molecule has 1 heterocycles. The van der Waals surface area contributed by atoms with E-state index in [1.165, 1.54) is 0 Å². The summed E-state index contributed by atoms with van der Waals surface area (Å²) < 4.78 is 0. The number of hydrogen-bond acceptors (Lipinski definition) is 1. The van der Waals surface area contributed by atoms with Gasteiger partial charge in [0.25, 0.3) is 0 Å². The highest BCUT2D eigenvalue weighted by molar-refractivity contribution is 5.34. The first-order valence-electron chi connectivity index (χ1n) is 5.15. The fourth-order valence-corrected chi connectivity index (χ4v) is 1.09. The zero-order valence-electron chi connectivity index (χ0n) is 9.59. The maximum absolute atomic E-state index is 4.38. The number of hydrogen-bond donors (Lipinski definition) is 1. The first-order chi connectivity index (χ1) is 6.81. The SMILES string of the molecule is C=C/C=c1/[nH]c(CC)n/c1=C/C.CC. The summed E-state index contributed by atoms with van der Waals surface area (Å²) in [4.78, 5) is 7.59. The van der Waals surface area contributed by atoms with Gasteiger partial charge >= 0.3 is 0 Å². The molecule has 2 nitrogen and oxygen atoms in total. The molecule has 0 aliphatic carbocycles. The Bertz CT molecular complexity index is 372. The van der Waals surface area contributed by atoms with Gasteiger partial charge in [0.05, 0.1) is 10.7 Å². The number of aryl methyl sites for hydroxylation is 1. The van der Waals surface area contributed by atoms with Crippen molar-refractivity contribution in [3.05, 3.63) is 29.2 Å². The van der Waals surface area contributed by atoms with Crippen molar-refractivity contribution < 1.29 is 0 Å². The predicted octanol–water partition coefficient (Wildman–Crippen LogP) is 1.77. The molecule has 0 spiro atoms. The standard InChI is InChI=1S/C10H14N2.C2H6/c1-4-7-9-8(5-2)11-10(6-3)12-9;1-2/h4-5,7H,1,6H2,2-3H3,(H,11,12);1-2H3/b8-5+,9-7+;. The number of nitrogens with zero attached hydrogens (tertiary/aromatic N) is 1. The van der Waals surface area contributed by atoms with E-state index in [9.17, 15) is 0 Å².